The van der Waals surface area contributed by atoms with Crippen molar-refractivity contribution in [3.8, 4) is 0 Å². The SMILES string of the molecule is CC(C)(C)OC(=O)N[C@H]1CC[C@H]1COS(C)(=O)=O. The standard InChI is InChI=1S/C11H21NO5S/c1-11(2,3)17-10(13)12-9-6-5-8(9)7-16-18(4,14)15/h8-9H,5-7H2,1-4H3,(H,12,13)/t8-,9-/m0/s1. The molecule has 1 rings (SSSR count). The smallest absolute Gasteiger partial charge is 0.407 e. The highest BCUT2D eigenvalue weighted by atomic mass is 32.2. The lowest BCUT2D eigenvalue weighted by Gasteiger charge is -2.36. The Hall–Kier alpha value is -0.820. The number of hydrogen-bond acceptors (Lipinski definition) is 5. The highest BCUT2D eigenvalue weighted by Crippen LogP contribution is 2.28. The number of alkyl carbamates (subject to hydrolysis) is 1. The molecular weight excluding hydrogens is 258 g/mol. The minimum absolute atomic E-state index is 0.0345. The zero-order chi connectivity index (χ0) is 14.0. The van der Waals surface area contributed by atoms with E-state index >= 15 is 0 Å². The molecule has 0 aromatic heterocycles. The monoisotopic (exact) mass is 279 g/mol. The van der Waals surface area contributed by atoms with Crippen LogP contribution in [0, 0.1) is 5.92 Å². The number of ether oxygens (including phenoxy) is 1. The van der Waals surface area contributed by atoms with Crippen LogP contribution in [-0.4, -0.2) is 39.0 Å². The van der Waals surface area contributed by atoms with Gasteiger partial charge in [-0.1, -0.05) is 0 Å². The van der Waals surface area contributed by atoms with Crippen molar-refractivity contribution in [2.24, 2.45) is 5.92 Å². The Bertz CT molecular complexity index is 398. The second-order valence-corrected chi connectivity index (χ2v) is 7.22. The zero-order valence-electron chi connectivity index (χ0n) is 11.2. The molecule has 106 valence electrons. The molecule has 1 N–H and O–H groups in total. The lowest BCUT2D eigenvalue weighted by Crippen LogP contribution is -2.50. The zero-order valence-corrected chi connectivity index (χ0v) is 12.0. The first-order valence-electron chi connectivity index (χ1n) is 5.91. The third-order valence-corrected chi connectivity index (χ3v) is 3.18. The molecule has 0 aromatic carbocycles. The molecular formula is C11H21NO5S. The van der Waals surface area contributed by atoms with Gasteiger partial charge >= 0.3 is 6.09 Å². The van der Waals surface area contributed by atoms with Crippen LogP contribution in [0.3, 0.4) is 0 Å². The molecule has 0 spiro atoms. The maximum Gasteiger partial charge on any atom is 0.407 e. The Kier molecular flexibility index (Phi) is 4.61. The number of carbonyl (C=O) groups is 1. The minimum Gasteiger partial charge on any atom is -0.444 e. The van der Waals surface area contributed by atoms with E-state index < -0.39 is 21.8 Å². The van der Waals surface area contributed by atoms with Crippen LogP contribution in [-0.2, 0) is 19.0 Å². The second kappa shape index (κ2) is 5.44. The summed E-state index contributed by atoms with van der Waals surface area (Å²) < 4.78 is 31.6. The molecule has 1 saturated carbocycles. The Balaban J connectivity index is 2.34. The molecule has 1 aliphatic rings. The van der Waals surface area contributed by atoms with Gasteiger partial charge in [0.2, 0.25) is 0 Å². The molecule has 0 saturated heterocycles. The van der Waals surface area contributed by atoms with E-state index in [1.165, 1.54) is 0 Å². The van der Waals surface area contributed by atoms with Gasteiger partial charge in [0, 0.05) is 12.0 Å². The van der Waals surface area contributed by atoms with Crippen LogP contribution in [0.15, 0.2) is 0 Å². The van der Waals surface area contributed by atoms with E-state index in [9.17, 15) is 13.2 Å². The average molecular weight is 279 g/mol. The molecule has 1 amide bonds. The van der Waals surface area contributed by atoms with Crippen molar-refractivity contribution in [2.75, 3.05) is 12.9 Å². The van der Waals surface area contributed by atoms with Crippen LogP contribution in [0.1, 0.15) is 33.6 Å². The molecule has 6 nitrogen and oxygen atoms in total. The number of nitrogens with one attached hydrogen (secondary N) is 1. The fourth-order valence-electron chi connectivity index (χ4n) is 1.63. The lowest BCUT2D eigenvalue weighted by atomic mass is 9.80. The molecule has 0 heterocycles. The average Bonchev–Trinajstić information content (AvgIpc) is 2.07. The Labute approximate surface area is 108 Å². The summed E-state index contributed by atoms with van der Waals surface area (Å²) in [5, 5.41) is 2.72. The topological polar surface area (TPSA) is 81.7 Å². The van der Waals surface area contributed by atoms with Crippen LogP contribution in [0.4, 0.5) is 4.79 Å². The summed E-state index contributed by atoms with van der Waals surface area (Å²) in [6.07, 6.45) is 2.20. The summed E-state index contributed by atoms with van der Waals surface area (Å²) in [6, 6.07) is -0.0680. The van der Waals surface area contributed by atoms with Crippen molar-refractivity contribution in [2.45, 2.75) is 45.3 Å². The Morgan fingerprint density at radius 3 is 2.33 bits per heavy atom. The van der Waals surface area contributed by atoms with Gasteiger partial charge in [-0.25, -0.2) is 4.79 Å². The molecule has 0 unspecified atom stereocenters. The largest absolute Gasteiger partial charge is 0.444 e. The first-order chi connectivity index (χ1) is 8.07. The van der Waals surface area contributed by atoms with E-state index in [-0.39, 0.29) is 18.6 Å². The lowest BCUT2D eigenvalue weighted by molar-refractivity contribution is 0.0405. The van der Waals surface area contributed by atoms with Gasteiger partial charge in [0.05, 0.1) is 12.9 Å². The Morgan fingerprint density at radius 1 is 1.33 bits per heavy atom. The molecule has 0 bridgehead atoms. The van der Waals surface area contributed by atoms with Crippen molar-refractivity contribution in [3.63, 3.8) is 0 Å². The number of rotatable bonds is 4. The highest BCUT2D eigenvalue weighted by molar-refractivity contribution is 7.85. The van der Waals surface area contributed by atoms with Crippen molar-refractivity contribution in [3.05, 3.63) is 0 Å². The van der Waals surface area contributed by atoms with Gasteiger partial charge in [-0.15, -0.1) is 0 Å². The van der Waals surface area contributed by atoms with Crippen molar-refractivity contribution < 1.29 is 22.1 Å². The van der Waals surface area contributed by atoms with Crippen molar-refractivity contribution in [1.29, 1.82) is 0 Å². The van der Waals surface area contributed by atoms with Crippen LogP contribution in [0.2, 0.25) is 0 Å². The first-order valence-corrected chi connectivity index (χ1v) is 7.72. The minimum atomic E-state index is -3.42. The number of hydrogen-bond donors (Lipinski definition) is 1. The van der Waals surface area contributed by atoms with Crippen LogP contribution in [0.5, 0.6) is 0 Å². The van der Waals surface area contributed by atoms with Crippen LogP contribution < -0.4 is 5.32 Å². The van der Waals surface area contributed by atoms with Gasteiger partial charge in [0.15, 0.2) is 0 Å². The molecule has 1 fully saturated rings. The predicted octanol–water partition coefficient (Wildman–Crippen LogP) is 1.27. The van der Waals surface area contributed by atoms with E-state index in [0.717, 1.165) is 19.1 Å². The van der Waals surface area contributed by atoms with E-state index in [0.29, 0.717) is 0 Å². The quantitative estimate of drug-likeness (QED) is 0.784. The van der Waals surface area contributed by atoms with Gasteiger partial charge < -0.3 is 10.1 Å². The number of amides is 1. The molecule has 7 heteroatoms. The summed E-state index contributed by atoms with van der Waals surface area (Å²) in [7, 11) is -3.42. The van der Waals surface area contributed by atoms with E-state index in [2.05, 4.69) is 5.32 Å². The fourth-order valence-corrected chi connectivity index (χ4v) is 2.05. The molecule has 0 aromatic rings. The second-order valence-electron chi connectivity index (χ2n) is 5.58. The maximum atomic E-state index is 11.5. The summed E-state index contributed by atoms with van der Waals surface area (Å²) >= 11 is 0. The van der Waals surface area contributed by atoms with Crippen LogP contribution in [0.25, 0.3) is 0 Å². The van der Waals surface area contributed by atoms with Crippen molar-refractivity contribution >= 4 is 16.2 Å². The summed E-state index contributed by atoms with van der Waals surface area (Å²) in [4.78, 5) is 11.5. The molecule has 18 heavy (non-hydrogen) atoms. The van der Waals surface area contributed by atoms with Gasteiger partial charge in [-0.3, -0.25) is 4.18 Å². The molecule has 0 radical (unpaired) electrons. The van der Waals surface area contributed by atoms with E-state index in [4.69, 9.17) is 8.92 Å². The molecule has 2 atom stereocenters. The van der Waals surface area contributed by atoms with Crippen molar-refractivity contribution in [1.82, 2.24) is 5.32 Å². The normalized spacial score (nSPS) is 24.2. The Morgan fingerprint density at radius 2 is 1.94 bits per heavy atom. The fraction of sp³-hybridized carbons (Fsp3) is 0.909. The van der Waals surface area contributed by atoms with E-state index in [1.54, 1.807) is 20.8 Å². The van der Waals surface area contributed by atoms with Gasteiger partial charge in [-0.2, -0.15) is 8.42 Å². The summed E-state index contributed by atoms with van der Waals surface area (Å²) in [5.74, 6) is 0.0345. The van der Waals surface area contributed by atoms with Crippen LogP contribution >= 0.6 is 0 Å². The number of carbonyl (C=O) groups excluding carboxylic acids is 1. The maximum absolute atomic E-state index is 11.5. The molecule has 1 aliphatic carbocycles. The summed E-state index contributed by atoms with van der Waals surface area (Å²) in [5.41, 5.74) is -0.535. The highest BCUT2D eigenvalue weighted by Gasteiger charge is 2.34. The predicted molar refractivity (Wildman–Crippen MR) is 66.7 cm³/mol. The van der Waals surface area contributed by atoms with Gasteiger partial charge in [0.1, 0.15) is 5.60 Å². The van der Waals surface area contributed by atoms with Gasteiger partial charge in [-0.05, 0) is 33.6 Å². The van der Waals surface area contributed by atoms with E-state index in [1.807, 2.05) is 0 Å². The third kappa shape index (κ3) is 5.68. The summed E-state index contributed by atoms with van der Waals surface area (Å²) in [6.45, 7) is 5.48. The third-order valence-electron chi connectivity index (χ3n) is 2.62. The first kappa shape index (κ1) is 15.2. The van der Waals surface area contributed by atoms with Gasteiger partial charge in [0.25, 0.3) is 10.1 Å². The molecule has 0 aliphatic heterocycles.